The number of aliphatic carboxylic acids is 1. The van der Waals surface area contributed by atoms with Crippen LogP contribution in [0.4, 0.5) is 0 Å². The maximum absolute atomic E-state index is 12.2. The van der Waals surface area contributed by atoms with Crippen molar-refractivity contribution in [3.8, 4) is 5.75 Å². The van der Waals surface area contributed by atoms with Gasteiger partial charge >= 0.3 is 5.97 Å². The molecule has 28 heavy (non-hydrogen) atoms. The highest BCUT2D eigenvalue weighted by atomic mass is 16.5. The quantitative estimate of drug-likeness (QED) is 0.568. The van der Waals surface area contributed by atoms with Crippen molar-refractivity contribution in [2.45, 2.75) is 57.9 Å². The topological polar surface area (TPSA) is 105 Å². The van der Waals surface area contributed by atoms with Crippen LogP contribution in [0.25, 0.3) is 0 Å². The first-order chi connectivity index (χ1) is 13.4. The van der Waals surface area contributed by atoms with Gasteiger partial charge in [0, 0.05) is 13.0 Å². The summed E-state index contributed by atoms with van der Waals surface area (Å²) >= 11 is 0. The number of benzene rings is 1. The molecule has 0 heterocycles. The smallest absolute Gasteiger partial charge is 0.341 e. The Morgan fingerprint density at radius 3 is 2.46 bits per heavy atom. The molecule has 154 valence electrons. The van der Waals surface area contributed by atoms with Gasteiger partial charge in [0.1, 0.15) is 11.8 Å². The fraction of sp³-hybridized carbons (Fsp3) is 0.571. The molecule has 1 aromatic carbocycles. The van der Waals surface area contributed by atoms with E-state index >= 15 is 0 Å². The Bertz CT molecular complexity index is 653. The molecule has 1 atom stereocenters. The summed E-state index contributed by atoms with van der Waals surface area (Å²) in [7, 11) is 0. The van der Waals surface area contributed by atoms with Gasteiger partial charge in [-0.05, 0) is 49.8 Å². The summed E-state index contributed by atoms with van der Waals surface area (Å²) in [6, 6.07) is 6.52. The minimum atomic E-state index is -1.02. The van der Waals surface area contributed by atoms with E-state index in [1.165, 1.54) is 19.3 Å². The molecule has 7 heteroatoms. The Kier molecular flexibility index (Phi) is 8.78. The summed E-state index contributed by atoms with van der Waals surface area (Å²) in [5, 5.41) is 14.2. The standard InChI is InChI=1S/C21H30N2O5/c1-15(23-19(24)13-17-5-3-2-4-6-17)21(27)22-12-11-16-7-9-18(10-8-16)28-14-20(25)26/h7-10,15,17H,2-6,11-14H2,1H3,(H,22,27)(H,23,24)(H,25,26). The summed E-state index contributed by atoms with van der Waals surface area (Å²) in [6.07, 6.45) is 7.00. The number of amides is 2. The van der Waals surface area contributed by atoms with Crippen LogP contribution in [-0.4, -0.2) is 42.1 Å². The van der Waals surface area contributed by atoms with Crippen LogP contribution in [0.15, 0.2) is 24.3 Å². The number of nitrogens with one attached hydrogen (secondary N) is 2. The molecule has 3 N–H and O–H groups in total. The molecule has 1 aromatic rings. The SMILES string of the molecule is CC(NC(=O)CC1CCCCC1)C(=O)NCCc1ccc(OCC(=O)O)cc1. The molecule has 7 nitrogen and oxygen atoms in total. The molecule has 0 aliphatic heterocycles. The molecule has 1 saturated carbocycles. The highest BCUT2D eigenvalue weighted by Gasteiger charge is 2.20. The van der Waals surface area contributed by atoms with E-state index in [4.69, 9.17) is 9.84 Å². The van der Waals surface area contributed by atoms with Crippen LogP contribution in [0, 0.1) is 5.92 Å². The van der Waals surface area contributed by atoms with Gasteiger partial charge < -0.3 is 20.5 Å². The third-order valence-electron chi connectivity index (χ3n) is 4.97. The first-order valence-electron chi connectivity index (χ1n) is 9.94. The van der Waals surface area contributed by atoms with Gasteiger partial charge in [-0.25, -0.2) is 4.79 Å². The number of carboxylic acids is 1. The molecule has 1 fully saturated rings. The number of ether oxygens (including phenoxy) is 1. The van der Waals surface area contributed by atoms with Crippen molar-refractivity contribution >= 4 is 17.8 Å². The van der Waals surface area contributed by atoms with Crippen molar-refractivity contribution in [1.82, 2.24) is 10.6 Å². The fourth-order valence-corrected chi connectivity index (χ4v) is 3.40. The molecule has 2 rings (SSSR count). The molecule has 0 saturated heterocycles. The number of rotatable bonds is 10. The monoisotopic (exact) mass is 390 g/mol. The maximum Gasteiger partial charge on any atom is 0.341 e. The predicted molar refractivity (Wildman–Crippen MR) is 105 cm³/mol. The van der Waals surface area contributed by atoms with E-state index < -0.39 is 12.0 Å². The molecule has 1 unspecified atom stereocenters. The minimum absolute atomic E-state index is 0.0495. The third-order valence-corrected chi connectivity index (χ3v) is 4.97. The lowest BCUT2D eigenvalue weighted by Gasteiger charge is -2.22. The molecule has 2 amide bonds. The Morgan fingerprint density at radius 1 is 1.14 bits per heavy atom. The lowest BCUT2D eigenvalue weighted by molar-refractivity contribution is -0.139. The van der Waals surface area contributed by atoms with Crippen LogP contribution >= 0.6 is 0 Å². The van der Waals surface area contributed by atoms with Gasteiger partial charge in [-0.2, -0.15) is 0 Å². The number of hydrogen-bond acceptors (Lipinski definition) is 4. The van der Waals surface area contributed by atoms with Crippen molar-refractivity contribution in [3.05, 3.63) is 29.8 Å². The highest BCUT2D eigenvalue weighted by Crippen LogP contribution is 2.26. The van der Waals surface area contributed by atoms with Crippen LogP contribution in [0.2, 0.25) is 0 Å². The molecular formula is C21H30N2O5. The molecule has 0 spiro atoms. The average molecular weight is 390 g/mol. The van der Waals surface area contributed by atoms with Gasteiger partial charge in [-0.1, -0.05) is 31.4 Å². The lowest BCUT2D eigenvalue weighted by Crippen LogP contribution is -2.45. The summed E-state index contributed by atoms with van der Waals surface area (Å²) < 4.78 is 5.08. The minimum Gasteiger partial charge on any atom is -0.482 e. The van der Waals surface area contributed by atoms with Gasteiger partial charge in [0.15, 0.2) is 6.61 Å². The summed E-state index contributed by atoms with van der Waals surface area (Å²) in [6.45, 7) is 1.78. The first-order valence-corrected chi connectivity index (χ1v) is 9.94. The number of carbonyl (C=O) groups excluding carboxylic acids is 2. The molecular weight excluding hydrogens is 360 g/mol. The molecule has 1 aliphatic rings. The fourth-order valence-electron chi connectivity index (χ4n) is 3.40. The largest absolute Gasteiger partial charge is 0.482 e. The molecule has 0 radical (unpaired) electrons. The van der Waals surface area contributed by atoms with Crippen LogP contribution in [0.1, 0.15) is 51.0 Å². The number of hydrogen-bond donors (Lipinski definition) is 3. The van der Waals surface area contributed by atoms with Crippen molar-refractivity contribution in [2.75, 3.05) is 13.2 Å². The second-order valence-electron chi connectivity index (χ2n) is 7.36. The zero-order chi connectivity index (χ0) is 20.4. The zero-order valence-corrected chi connectivity index (χ0v) is 16.4. The first kappa shape index (κ1) is 21.7. The molecule has 1 aliphatic carbocycles. The third kappa shape index (κ3) is 7.98. The maximum atomic E-state index is 12.2. The van der Waals surface area contributed by atoms with E-state index in [-0.39, 0.29) is 18.4 Å². The summed E-state index contributed by atoms with van der Waals surface area (Å²) in [5.41, 5.74) is 0.997. The Hall–Kier alpha value is -2.57. The van der Waals surface area contributed by atoms with Crippen molar-refractivity contribution in [2.24, 2.45) is 5.92 Å². The highest BCUT2D eigenvalue weighted by molar-refractivity contribution is 5.87. The van der Waals surface area contributed by atoms with Gasteiger partial charge in [0.2, 0.25) is 11.8 Å². The average Bonchev–Trinajstić information content (AvgIpc) is 2.67. The van der Waals surface area contributed by atoms with Gasteiger partial charge in [0.05, 0.1) is 0 Å². The van der Waals surface area contributed by atoms with E-state index in [1.54, 1.807) is 19.1 Å². The van der Waals surface area contributed by atoms with Crippen LogP contribution in [0.5, 0.6) is 5.75 Å². The second-order valence-corrected chi connectivity index (χ2v) is 7.36. The van der Waals surface area contributed by atoms with Gasteiger partial charge in [-0.15, -0.1) is 0 Å². The zero-order valence-electron chi connectivity index (χ0n) is 16.4. The van der Waals surface area contributed by atoms with E-state index in [9.17, 15) is 14.4 Å². The Balaban J connectivity index is 1.65. The van der Waals surface area contributed by atoms with E-state index in [0.717, 1.165) is 18.4 Å². The van der Waals surface area contributed by atoms with Crippen molar-refractivity contribution < 1.29 is 24.2 Å². The summed E-state index contributed by atoms with van der Waals surface area (Å²) in [5.74, 6) is -0.326. The van der Waals surface area contributed by atoms with Crippen LogP contribution < -0.4 is 15.4 Å². The Labute approximate surface area is 165 Å². The van der Waals surface area contributed by atoms with Crippen molar-refractivity contribution in [1.29, 1.82) is 0 Å². The number of carbonyl (C=O) groups is 3. The van der Waals surface area contributed by atoms with Crippen LogP contribution in [0.3, 0.4) is 0 Å². The number of carboxylic acid groups (broad SMARTS) is 1. The molecule has 0 bridgehead atoms. The van der Waals surface area contributed by atoms with E-state index in [2.05, 4.69) is 10.6 Å². The summed E-state index contributed by atoms with van der Waals surface area (Å²) in [4.78, 5) is 34.7. The second kappa shape index (κ2) is 11.3. The normalized spacial score (nSPS) is 15.5. The van der Waals surface area contributed by atoms with E-state index in [1.807, 2.05) is 12.1 Å². The van der Waals surface area contributed by atoms with Gasteiger partial charge in [0.25, 0.3) is 0 Å². The molecule has 0 aromatic heterocycles. The predicted octanol–water partition coefficient (Wildman–Crippen LogP) is 2.28. The van der Waals surface area contributed by atoms with Crippen LogP contribution in [-0.2, 0) is 20.8 Å². The van der Waals surface area contributed by atoms with Gasteiger partial charge in [-0.3, -0.25) is 9.59 Å². The van der Waals surface area contributed by atoms with Crippen molar-refractivity contribution in [3.63, 3.8) is 0 Å². The lowest BCUT2D eigenvalue weighted by atomic mass is 9.87. The van der Waals surface area contributed by atoms with E-state index in [0.29, 0.717) is 31.1 Å². The Morgan fingerprint density at radius 2 is 1.82 bits per heavy atom.